The maximum absolute atomic E-state index is 13.3. The van der Waals surface area contributed by atoms with Crippen molar-refractivity contribution >= 4 is 34.3 Å². The third-order valence-corrected chi connectivity index (χ3v) is 5.79. The lowest BCUT2D eigenvalue weighted by molar-refractivity contribution is -0.118. The minimum absolute atomic E-state index is 0.0358. The number of carbonyl (C=O) groups is 1. The van der Waals surface area contributed by atoms with Gasteiger partial charge >= 0.3 is 0 Å². The number of rotatable bonds is 7. The SMILES string of the molecule is COc1ccc(-n2c(SCC(=O)N/N=C(/C)c3ccncc3)nc3ccccc3c2=O)cc1. The average Bonchev–Trinajstić information content (AvgIpc) is 2.87. The Morgan fingerprint density at radius 3 is 2.55 bits per heavy atom. The summed E-state index contributed by atoms with van der Waals surface area (Å²) in [7, 11) is 1.58. The van der Waals surface area contributed by atoms with Crippen LogP contribution in [0.2, 0.25) is 0 Å². The van der Waals surface area contributed by atoms with E-state index in [9.17, 15) is 9.59 Å². The molecule has 9 heteroatoms. The number of nitrogens with one attached hydrogen (secondary N) is 1. The highest BCUT2D eigenvalue weighted by atomic mass is 32.2. The summed E-state index contributed by atoms with van der Waals surface area (Å²) in [5.74, 6) is 0.405. The molecule has 0 bridgehead atoms. The maximum atomic E-state index is 13.3. The zero-order valence-corrected chi connectivity index (χ0v) is 18.9. The van der Waals surface area contributed by atoms with Gasteiger partial charge in [-0.3, -0.25) is 19.1 Å². The Bertz CT molecular complexity index is 1370. The number of hydrazone groups is 1. The highest BCUT2D eigenvalue weighted by Crippen LogP contribution is 2.22. The van der Waals surface area contributed by atoms with E-state index in [1.54, 1.807) is 68.9 Å². The van der Waals surface area contributed by atoms with Crippen molar-refractivity contribution in [2.24, 2.45) is 5.10 Å². The van der Waals surface area contributed by atoms with Crippen LogP contribution < -0.4 is 15.7 Å². The summed E-state index contributed by atoms with van der Waals surface area (Å²) in [6.45, 7) is 1.80. The van der Waals surface area contributed by atoms with E-state index < -0.39 is 0 Å². The number of hydrogen-bond donors (Lipinski definition) is 1. The van der Waals surface area contributed by atoms with E-state index >= 15 is 0 Å². The second-order valence-corrected chi connectivity index (χ2v) is 7.95. The summed E-state index contributed by atoms with van der Waals surface area (Å²) in [6, 6.07) is 17.9. The van der Waals surface area contributed by atoms with Crippen molar-refractivity contribution < 1.29 is 9.53 Å². The number of pyridine rings is 1. The molecule has 2 aromatic heterocycles. The van der Waals surface area contributed by atoms with E-state index in [1.807, 2.05) is 18.2 Å². The van der Waals surface area contributed by atoms with Gasteiger partial charge < -0.3 is 4.74 Å². The molecule has 0 unspecified atom stereocenters. The predicted molar refractivity (Wildman–Crippen MR) is 129 cm³/mol. The highest BCUT2D eigenvalue weighted by Gasteiger charge is 2.15. The van der Waals surface area contributed by atoms with Gasteiger partial charge in [-0.05, 0) is 55.5 Å². The molecule has 0 radical (unpaired) electrons. The van der Waals surface area contributed by atoms with Crippen LogP contribution in [0.15, 0.2) is 88.1 Å². The first-order valence-electron chi connectivity index (χ1n) is 10.1. The number of hydrogen-bond acceptors (Lipinski definition) is 7. The number of methoxy groups -OCH3 is 1. The van der Waals surface area contributed by atoms with Crippen molar-refractivity contribution in [2.45, 2.75) is 12.1 Å². The molecule has 166 valence electrons. The van der Waals surface area contributed by atoms with Crippen molar-refractivity contribution in [3.63, 3.8) is 0 Å². The van der Waals surface area contributed by atoms with E-state index in [2.05, 4.69) is 20.5 Å². The molecule has 0 saturated carbocycles. The molecule has 0 aliphatic rings. The molecule has 2 aromatic carbocycles. The normalized spacial score (nSPS) is 11.4. The molecule has 0 aliphatic heterocycles. The highest BCUT2D eigenvalue weighted by molar-refractivity contribution is 7.99. The fraction of sp³-hybridized carbons (Fsp3) is 0.125. The monoisotopic (exact) mass is 459 g/mol. The zero-order chi connectivity index (χ0) is 23.2. The van der Waals surface area contributed by atoms with Crippen molar-refractivity contribution in [1.82, 2.24) is 20.0 Å². The topological polar surface area (TPSA) is 98.5 Å². The van der Waals surface area contributed by atoms with Gasteiger partial charge in [0, 0.05) is 18.0 Å². The Hall–Kier alpha value is -3.98. The van der Waals surface area contributed by atoms with Crippen LogP contribution in [0.4, 0.5) is 0 Å². The first-order valence-corrected chi connectivity index (χ1v) is 11.1. The van der Waals surface area contributed by atoms with Gasteiger partial charge in [-0.1, -0.05) is 23.9 Å². The number of nitrogens with zero attached hydrogens (tertiary/aromatic N) is 4. The van der Waals surface area contributed by atoms with Gasteiger partial charge in [0.05, 0.1) is 35.2 Å². The molecule has 0 atom stereocenters. The van der Waals surface area contributed by atoms with Crippen LogP contribution in [0.25, 0.3) is 16.6 Å². The van der Waals surface area contributed by atoms with Crippen molar-refractivity contribution in [3.05, 3.63) is 89.0 Å². The minimum atomic E-state index is -0.308. The molecule has 4 aromatic rings. The molecule has 2 heterocycles. The van der Waals surface area contributed by atoms with Crippen LogP contribution in [0.5, 0.6) is 5.75 Å². The van der Waals surface area contributed by atoms with Gasteiger partial charge in [-0.15, -0.1) is 0 Å². The molecular weight excluding hydrogens is 438 g/mol. The number of thioether (sulfide) groups is 1. The standard InChI is InChI=1S/C24H21N5O3S/c1-16(17-11-13-25-14-12-17)27-28-22(30)15-33-24-26-21-6-4-3-5-20(21)23(31)29(24)18-7-9-19(32-2)10-8-18/h3-14H,15H2,1-2H3,(H,28,30)/b27-16-. The third kappa shape index (κ3) is 5.09. The van der Waals surface area contributed by atoms with Crippen LogP contribution in [0.3, 0.4) is 0 Å². The predicted octanol–water partition coefficient (Wildman–Crippen LogP) is 3.42. The molecule has 1 N–H and O–H groups in total. The second-order valence-electron chi connectivity index (χ2n) is 7.01. The largest absolute Gasteiger partial charge is 0.497 e. The number of fused-ring (bicyclic) bond motifs is 1. The Labute approximate surface area is 194 Å². The van der Waals surface area contributed by atoms with Gasteiger partial charge in [-0.2, -0.15) is 5.10 Å². The lowest BCUT2D eigenvalue weighted by Gasteiger charge is -2.13. The Kier molecular flexibility index (Phi) is 6.80. The summed E-state index contributed by atoms with van der Waals surface area (Å²) in [4.78, 5) is 34.3. The van der Waals surface area contributed by atoms with Crippen LogP contribution in [0, 0.1) is 0 Å². The van der Waals surface area contributed by atoms with Crippen molar-refractivity contribution in [1.29, 1.82) is 0 Å². The summed E-state index contributed by atoms with van der Waals surface area (Å²) in [5, 5.41) is 5.06. The van der Waals surface area contributed by atoms with Crippen LogP contribution in [0.1, 0.15) is 12.5 Å². The van der Waals surface area contributed by atoms with Crippen LogP contribution >= 0.6 is 11.8 Å². The fourth-order valence-electron chi connectivity index (χ4n) is 3.13. The molecule has 0 fully saturated rings. The summed E-state index contributed by atoms with van der Waals surface area (Å²) >= 11 is 1.17. The van der Waals surface area contributed by atoms with E-state index in [1.165, 1.54) is 16.3 Å². The molecule has 0 aliphatic carbocycles. The minimum Gasteiger partial charge on any atom is -0.497 e. The fourth-order valence-corrected chi connectivity index (χ4v) is 3.94. The Morgan fingerprint density at radius 1 is 1.09 bits per heavy atom. The smallest absolute Gasteiger partial charge is 0.266 e. The summed E-state index contributed by atoms with van der Waals surface area (Å²) < 4.78 is 6.72. The lowest BCUT2D eigenvalue weighted by atomic mass is 10.2. The van der Waals surface area contributed by atoms with Gasteiger partial charge in [0.2, 0.25) is 0 Å². The molecule has 4 rings (SSSR count). The van der Waals surface area contributed by atoms with Gasteiger partial charge in [-0.25, -0.2) is 10.4 Å². The maximum Gasteiger partial charge on any atom is 0.266 e. The van der Waals surface area contributed by atoms with Crippen molar-refractivity contribution in [3.8, 4) is 11.4 Å². The molecular formula is C24H21N5O3S. The average molecular weight is 460 g/mol. The van der Waals surface area contributed by atoms with Crippen LogP contribution in [-0.2, 0) is 4.79 Å². The number of para-hydroxylation sites is 1. The molecule has 0 saturated heterocycles. The number of aromatic nitrogens is 3. The molecule has 1 amide bonds. The Morgan fingerprint density at radius 2 is 1.82 bits per heavy atom. The first-order chi connectivity index (χ1) is 16.1. The second kappa shape index (κ2) is 10.1. The third-order valence-electron chi connectivity index (χ3n) is 4.85. The first kappa shape index (κ1) is 22.2. The van der Waals surface area contributed by atoms with Gasteiger partial charge in [0.1, 0.15) is 5.75 Å². The van der Waals surface area contributed by atoms with Crippen molar-refractivity contribution in [2.75, 3.05) is 12.9 Å². The van der Waals surface area contributed by atoms with Crippen LogP contribution in [-0.4, -0.2) is 39.0 Å². The van der Waals surface area contributed by atoms with E-state index in [0.29, 0.717) is 33.2 Å². The quantitative estimate of drug-likeness (QED) is 0.197. The molecule has 33 heavy (non-hydrogen) atoms. The van der Waals surface area contributed by atoms with E-state index in [4.69, 9.17) is 4.74 Å². The summed E-state index contributed by atoms with van der Waals surface area (Å²) in [6.07, 6.45) is 3.33. The molecule has 0 spiro atoms. The Balaban J connectivity index is 1.60. The lowest BCUT2D eigenvalue weighted by Crippen LogP contribution is -2.24. The van der Waals surface area contributed by atoms with E-state index in [0.717, 1.165) is 5.56 Å². The number of carbonyl (C=O) groups excluding carboxylic acids is 1. The van der Waals surface area contributed by atoms with Gasteiger partial charge in [0.25, 0.3) is 11.5 Å². The zero-order valence-electron chi connectivity index (χ0n) is 18.1. The van der Waals surface area contributed by atoms with Gasteiger partial charge in [0.15, 0.2) is 5.16 Å². The molecule has 8 nitrogen and oxygen atoms in total. The number of benzene rings is 2. The number of amides is 1. The number of ether oxygens (including phenoxy) is 1. The summed E-state index contributed by atoms with van der Waals surface area (Å²) in [5.41, 5.74) is 5.07. The van der Waals surface area contributed by atoms with E-state index in [-0.39, 0.29) is 17.2 Å².